The Bertz CT molecular complexity index is 953. The molecule has 3 nitrogen and oxygen atoms in total. The van der Waals surface area contributed by atoms with Crippen LogP contribution in [0.15, 0.2) is 42.5 Å². The van der Waals surface area contributed by atoms with Gasteiger partial charge in [0.15, 0.2) is 5.78 Å². The number of carbonyl (C=O) groups excluding carboxylic acids is 1. The first-order chi connectivity index (χ1) is 11.8. The first kappa shape index (κ1) is 14.0. The van der Waals surface area contributed by atoms with Crippen molar-refractivity contribution in [2.75, 3.05) is 13.1 Å². The van der Waals surface area contributed by atoms with Crippen LogP contribution in [0, 0.1) is 0 Å². The summed E-state index contributed by atoms with van der Waals surface area (Å²) in [5.41, 5.74) is 7.22. The summed E-state index contributed by atoms with van der Waals surface area (Å²) in [5.74, 6) is 0.145. The van der Waals surface area contributed by atoms with Gasteiger partial charge < -0.3 is 9.88 Å². The molecular formula is C21H20N2O. The number of rotatable bonds is 2. The van der Waals surface area contributed by atoms with Crippen LogP contribution in [0.1, 0.15) is 32.7 Å². The van der Waals surface area contributed by atoms with E-state index in [9.17, 15) is 4.79 Å². The minimum Gasteiger partial charge on any atom is -0.344 e. The van der Waals surface area contributed by atoms with Crippen LogP contribution in [-0.4, -0.2) is 23.4 Å². The molecule has 0 unspecified atom stereocenters. The maximum Gasteiger partial charge on any atom is 0.193 e. The van der Waals surface area contributed by atoms with Crippen LogP contribution in [0.4, 0.5) is 0 Å². The zero-order valence-electron chi connectivity index (χ0n) is 13.6. The highest BCUT2D eigenvalue weighted by Gasteiger charge is 2.28. The summed E-state index contributed by atoms with van der Waals surface area (Å²) in [6, 6.07) is 13.9. The number of hydrogen-bond acceptors (Lipinski definition) is 2. The number of benzene rings is 2. The van der Waals surface area contributed by atoms with Gasteiger partial charge in [-0.15, -0.1) is 0 Å². The Balaban J connectivity index is 1.79. The second kappa shape index (κ2) is 5.32. The molecule has 3 heterocycles. The van der Waals surface area contributed by atoms with Crippen molar-refractivity contribution in [2.45, 2.75) is 25.8 Å². The number of hydrogen-bond donors (Lipinski definition) is 1. The molecule has 0 bridgehead atoms. The van der Waals surface area contributed by atoms with Gasteiger partial charge in [0.2, 0.25) is 0 Å². The molecule has 0 fully saturated rings. The van der Waals surface area contributed by atoms with Crippen molar-refractivity contribution in [3.8, 4) is 0 Å². The topological polar surface area (TPSA) is 34.0 Å². The second-order valence-electron chi connectivity index (χ2n) is 6.77. The van der Waals surface area contributed by atoms with Gasteiger partial charge in [0.05, 0.1) is 5.52 Å². The fourth-order valence-corrected chi connectivity index (χ4v) is 4.41. The molecule has 0 radical (unpaired) electrons. The molecule has 0 atom stereocenters. The van der Waals surface area contributed by atoms with E-state index in [4.69, 9.17) is 0 Å². The van der Waals surface area contributed by atoms with Crippen LogP contribution in [0.2, 0.25) is 0 Å². The molecule has 1 N–H and O–H groups in total. The van der Waals surface area contributed by atoms with Gasteiger partial charge in [0, 0.05) is 41.7 Å². The van der Waals surface area contributed by atoms with E-state index in [0.717, 1.165) is 50.0 Å². The molecule has 2 aliphatic rings. The molecule has 2 aromatic carbocycles. The van der Waals surface area contributed by atoms with Crippen molar-refractivity contribution >= 4 is 16.7 Å². The molecule has 1 aromatic heterocycles. The Morgan fingerprint density at radius 3 is 2.67 bits per heavy atom. The number of aryl methyl sites for hydroxylation is 2. The lowest BCUT2D eigenvalue weighted by Gasteiger charge is -2.08. The monoisotopic (exact) mass is 316 g/mol. The van der Waals surface area contributed by atoms with E-state index in [1.165, 1.54) is 27.7 Å². The zero-order valence-corrected chi connectivity index (χ0v) is 13.6. The molecule has 120 valence electrons. The van der Waals surface area contributed by atoms with E-state index >= 15 is 0 Å². The number of fused-ring (bicyclic) bond motifs is 3. The lowest BCUT2D eigenvalue weighted by Crippen LogP contribution is -2.17. The summed E-state index contributed by atoms with van der Waals surface area (Å²) in [7, 11) is 0. The third-order valence-electron chi connectivity index (χ3n) is 5.48. The van der Waals surface area contributed by atoms with E-state index in [0.29, 0.717) is 0 Å². The Kier molecular flexibility index (Phi) is 3.10. The summed E-state index contributed by atoms with van der Waals surface area (Å²) < 4.78 is 2.48. The number of ketones is 1. The second-order valence-corrected chi connectivity index (χ2v) is 6.77. The molecule has 5 rings (SSSR count). The van der Waals surface area contributed by atoms with Crippen molar-refractivity contribution in [2.24, 2.45) is 0 Å². The van der Waals surface area contributed by atoms with Crippen LogP contribution >= 0.6 is 0 Å². The zero-order chi connectivity index (χ0) is 16.1. The van der Waals surface area contributed by atoms with Gasteiger partial charge in [-0.25, -0.2) is 0 Å². The van der Waals surface area contributed by atoms with Crippen LogP contribution in [0.5, 0.6) is 0 Å². The summed E-state index contributed by atoms with van der Waals surface area (Å²) >= 11 is 0. The van der Waals surface area contributed by atoms with Gasteiger partial charge in [-0.1, -0.05) is 36.4 Å². The van der Waals surface area contributed by atoms with E-state index in [1.54, 1.807) is 0 Å². The lowest BCUT2D eigenvalue weighted by atomic mass is 9.94. The third kappa shape index (κ3) is 1.91. The fourth-order valence-electron chi connectivity index (χ4n) is 4.41. The molecule has 0 saturated heterocycles. The number of nitrogens with zero attached hydrogens (tertiary/aromatic N) is 1. The van der Waals surface area contributed by atoms with Gasteiger partial charge in [-0.05, 0) is 36.6 Å². The average Bonchev–Trinajstić information content (AvgIpc) is 3.09. The summed E-state index contributed by atoms with van der Waals surface area (Å²) in [6.45, 7) is 3.08. The molecule has 2 aliphatic heterocycles. The van der Waals surface area contributed by atoms with E-state index in [-0.39, 0.29) is 5.78 Å². The van der Waals surface area contributed by atoms with Crippen LogP contribution in [0.3, 0.4) is 0 Å². The molecular weight excluding hydrogens is 296 g/mol. The molecule has 24 heavy (non-hydrogen) atoms. The van der Waals surface area contributed by atoms with Crippen LogP contribution in [-0.2, 0) is 25.8 Å². The minimum atomic E-state index is 0.145. The first-order valence-corrected chi connectivity index (χ1v) is 8.81. The average molecular weight is 316 g/mol. The van der Waals surface area contributed by atoms with Crippen molar-refractivity contribution < 1.29 is 4.79 Å². The quantitative estimate of drug-likeness (QED) is 0.737. The van der Waals surface area contributed by atoms with Gasteiger partial charge in [0.25, 0.3) is 0 Å². The highest BCUT2D eigenvalue weighted by molar-refractivity contribution is 6.17. The van der Waals surface area contributed by atoms with Crippen molar-refractivity contribution in [1.29, 1.82) is 0 Å². The Hall–Kier alpha value is -2.39. The number of carbonyl (C=O) groups is 1. The predicted molar refractivity (Wildman–Crippen MR) is 95.8 cm³/mol. The molecule has 0 aliphatic carbocycles. The van der Waals surface area contributed by atoms with E-state index < -0.39 is 0 Å². The summed E-state index contributed by atoms with van der Waals surface area (Å²) in [4.78, 5) is 13.1. The first-order valence-electron chi connectivity index (χ1n) is 8.81. The van der Waals surface area contributed by atoms with E-state index in [1.807, 2.05) is 30.3 Å². The van der Waals surface area contributed by atoms with E-state index in [2.05, 4.69) is 22.0 Å². The molecule has 0 saturated carbocycles. The maximum absolute atomic E-state index is 13.1. The minimum absolute atomic E-state index is 0.145. The third-order valence-corrected chi connectivity index (χ3v) is 5.48. The molecule has 3 heteroatoms. The molecule has 0 spiro atoms. The Morgan fingerprint density at radius 2 is 1.79 bits per heavy atom. The summed E-state index contributed by atoms with van der Waals surface area (Å²) in [5, 5.41) is 4.72. The highest BCUT2D eigenvalue weighted by Crippen LogP contribution is 2.37. The normalized spacial score (nSPS) is 16.2. The van der Waals surface area contributed by atoms with Gasteiger partial charge >= 0.3 is 0 Å². The Labute approximate surface area is 141 Å². The largest absolute Gasteiger partial charge is 0.344 e. The maximum atomic E-state index is 13.1. The number of aromatic nitrogens is 1. The predicted octanol–water partition coefficient (Wildman–Crippen LogP) is 3.12. The summed E-state index contributed by atoms with van der Waals surface area (Å²) in [6.07, 6.45) is 3.16. The number of nitrogens with one attached hydrogen (secondary N) is 1. The van der Waals surface area contributed by atoms with Gasteiger partial charge in [-0.2, -0.15) is 0 Å². The SMILES string of the molecule is O=C(c1ccccc1)c1ccc2c3c1c1c(n3CC2)CCNCC1. The Morgan fingerprint density at radius 1 is 0.958 bits per heavy atom. The molecule has 0 amide bonds. The van der Waals surface area contributed by atoms with Gasteiger partial charge in [-0.3, -0.25) is 4.79 Å². The van der Waals surface area contributed by atoms with Crippen molar-refractivity contribution in [1.82, 2.24) is 9.88 Å². The molecule has 3 aromatic rings. The van der Waals surface area contributed by atoms with Crippen molar-refractivity contribution in [3.05, 3.63) is 70.4 Å². The highest BCUT2D eigenvalue weighted by atomic mass is 16.1. The standard InChI is InChI=1S/C21H20N2O/c24-21(15-4-2-1-3-5-15)17-7-6-14-10-13-23-18-9-12-22-11-8-16(18)19(17)20(14)23/h1-7,22H,8-13H2. The van der Waals surface area contributed by atoms with Crippen LogP contribution < -0.4 is 5.32 Å². The van der Waals surface area contributed by atoms with Crippen molar-refractivity contribution in [3.63, 3.8) is 0 Å². The smallest absolute Gasteiger partial charge is 0.193 e. The fraction of sp³-hybridized carbons (Fsp3) is 0.286. The van der Waals surface area contributed by atoms with Crippen LogP contribution in [0.25, 0.3) is 10.9 Å². The van der Waals surface area contributed by atoms with Gasteiger partial charge in [0.1, 0.15) is 0 Å². The lowest BCUT2D eigenvalue weighted by molar-refractivity contribution is 0.104.